The number of nitrogens with one attached hydrogen (secondary N) is 2. The zero-order chi connectivity index (χ0) is 12.7. The van der Waals surface area contributed by atoms with Gasteiger partial charge in [0.05, 0.1) is 7.11 Å². The molecular weight excluding hydrogens is 227 g/mol. The second kappa shape index (κ2) is 6.47. The Labute approximate surface area is 98.0 Å². The van der Waals surface area contributed by atoms with Crippen LogP contribution in [0.1, 0.15) is 5.56 Å². The van der Waals surface area contributed by atoms with Crippen LogP contribution >= 0.6 is 0 Å². The number of rotatable bonds is 4. The summed E-state index contributed by atoms with van der Waals surface area (Å²) in [4.78, 5) is 21.9. The van der Waals surface area contributed by atoms with Gasteiger partial charge in [-0.2, -0.15) is 0 Å². The molecule has 0 atom stereocenters. The van der Waals surface area contributed by atoms with Gasteiger partial charge < -0.3 is 15.4 Å². The van der Waals surface area contributed by atoms with E-state index < -0.39 is 12.0 Å². The van der Waals surface area contributed by atoms with Crippen molar-refractivity contribution in [1.29, 1.82) is 0 Å². The summed E-state index contributed by atoms with van der Waals surface area (Å²) in [5.74, 6) is -0.938. The van der Waals surface area contributed by atoms with Crippen molar-refractivity contribution in [3.63, 3.8) is 0 Å². The molecule has 0 saturated heterocycles. The van der Waals surface area contributed by atoms with Gasteiger partial charge >= 0.3 is 12.0 Å². The lowest BCUT2D eigenvalue weighted by molar-refractivity contribution is -0.139. The molecule has 0 bridgehead atoms. The number of carbonyl (C=O) groups is 2. The van der Waals surface area contributed by atoms with Gasteiger partial charge in [-0.25, -0.2) is 9.18 Å². The fraction of sp³-hybridized carbons (Fsp3) is 0.273. The van der Waals surface area contributed by atoms with E-state index in [1.54, 1.807) is 18.2 Å². The number of carbonyl (C=O) groups excluding carboxylic acids is 2. The van der Waals surface area contributed by atoms with Crippen LogP contribution in [0.25, 0.3) is 0 Å². The molecule has 0 unspecified atom stereocenters. The summed E-state index contributed by atoms with van der Waals surface area (Å²) in [5.41, 5.74) is 0.376. The summed E-state index contributed by atoms with van der Waals surface area (Å²) in [5, 5.41) is 4.70. The minimum absolute atomic E-state index is 0.0552. The molecule has 0 aliphatic rings. The van der Waals surface area contributed by atoms with Crippen molar-refractivity contribution < 1.29 is 18.7 Å². The largest absolute Gasteiger partial charge is 0.468 e. The first-order chi connectivity index (χ1) is 8.13. The third-order valence-corrected chi connectivity index (χ3v) is 2.02. The Morgan fingerprint density at radius 1 is 1.29 bits per heavy atom. The molecular formula is C11H13FN2O3. The van der Waals surface area contributed by atoms with Crippen LogP contribution in [0, 0.1) is 5.82 Å². The fourth-order valence-corrected chi connectivity index (χ4v) is 1.10. The second-order valence-corrected chi connectivity index (χ2v) is 3.20. The molecule has 5 nitrogen and oxygen atoms in total. The van der Waals surface area contributed by atoms with Crippen molar-refractivity contribution in [2.75, 3.05) is 13.7 Å². The molecule has 2 amide bonds. The van der Waals surface area contributed by atoms with E-state index in [9.17, 15) is 14.0 Å². The lowest BCUT2D eigenvalue weighted by Crippen LogP contribution is -2.38. The van der Waals surface area contributed by atoms with E-state index >= 15 is 0 Å². The maximum Gasteiger partial charge on any atom is 0.325 e. The molecule has 0 aliphatic heterocycles. The highest BCUT2D eigenvalue weighted by atomic mass is 19.1. The van der Waals surface area contributed by atoms with Gasteiger partial charge in [0, 0.05) is 12.1 Å². The quantitative estimate of drug-likeness (QED) is 0.765. The maximum absolute atomic E-state index is 13.2. The normalized spacial score (nSPS) is 9.53. The minimum atomic E-state index is -0.557. The maximum atomic E-state index is 13.2. The summed E-state index contributed by atoms with van der Waals surface area (Å²) < 4.78 is 17.5. The van der Waals surface area contributed by atoms with Gasteiger partial charge in [-0.05, 0) is 6.07 Å². The zero-order valence-corrected chi connectivity index (χ0v) is 9.33. The summed E-state index contributed by atoms with van der Waals surface area (Å²) in [6.07, 6.45) is 0. The van der Waals surface area contributed by atoms with Gasteiger partial charge in [0.2, 0.25) is 0 Å². The molecule has 0 radical (unpaired) electrons. The highest BCUT2D eigenvalue weighted by Crippen LogP contribution is 2.04. The van der Waals surface area contributed by atoms with Crippen LogP contribution in [0.15, 0.2) is 24.3 Å². The minimum Gasteiger partial charge on any atom is -0.468 e. The average molecular weight is 240 g/mol. The Bertz CT molecular complexity index is 409. The lowest BCUT2D eigenvalue weighted by Gasteiger charge is -2.07. The number of benzene rings is 1. The van der Waals surface area contributed by atoms with Crippen LogP contribution in [0.3, 0.4) is 0 Å². The molecule has 1 rings (SSSR count). The number of methoxy groups -OCH3 is 1. The lowest BCUT2D eigenvalue weighted by atomic mass is 10.2. The van der Waals surface area contributed by atoms with Crippen LogP contribution in [-0.2, 0) is 16.1 Å². The number of ether oxygens (including phenoxy) is 1. The summed E-state index contributed by atoms with van der Waals surface area (Å²) in [7, 11) is 1.22. The Morgan fingerprint density at radius 3 is 2.65 bits per heavy atom. The van der Waals surface area contributed by atoms with Gasteiger partial charge in [-0.3, -0.25) is 4.79 Å². The molecule has 0 aromatic heterocycles. The molecule has 2 N–H and O–H groups in total. The molecule has 0 aliphatic carbocycles. The molecule has 0 spiro atoms. The van der Waals surface area contributed by atoms with Crippen molar-refractivity contribution in [2.45, 2.75) is 6.54 Å². The van der Waals surface area contributed by atoms with Crippen molar-refractivity contribution in [3.05, 3.63) is 35.6 Å². The van der Waals surface area contributed by atoms with E-state index in [0.29, 0.717) is 5.56 Å². The first kappa shape index (κ1) is 13.0. The zero-order valence-electron chi connectivity index (χ0n) is 9.33. The van der Waals surface area contributed by atoms with Crippen LogP contribution in [0.5, 0.6) is 0 Å². The number of halogens is 1. The van der Waals surface area contributed by atoms with Gasteiger partial charge in [0.1, 0.15) is 12.4 Å². The molecule has 6 heteroatoms. The van der Waals surface area contributed by atoms with E-state index in [1.165, 1.54) is 13.2 Å². The summed E-state index contributed by atoms with van der Waals surface area (Å²) in [6.45, 7) is -0.167. The molecule has 92 valence electrons. The Balaban J connectivity index is 2.34. The van der Waals surface area contributed by atoms with E-state index in [1.807, 2.05) is 0 Å². The average Bonchev–Trinajstić information content (AvgIpc) is 2.35. The molecule has 1 aromatic carbocycles. The molecule has 0 fully saturated rings. The van der Waals surface area contributed by atoms with Crippen LogP contribution < -0.4 is 10.6 Å². The number of amides is 2. The van der Waals surface area contributed by atoms with Crippen LogP contribution in [0.4, 0.5) is 9.18 Å². The van der Waals surface area contributed by atoms with E-state index in [2.05, 4.69) is 15.4 Å². The Kier molecular flexibility index (Phi) is 4.93. The number of urea groups is 1. The van der Waals surface area contributed by atoms with Crippen molar-refractivity contribution in [1.82, 2.24) is 10.6 Å². The van der Waals surface area contributed by atoms with Crippen LogP contribution in [0.2, 0.25) is 0 Å². The monoisotopic (exact) mass is 240 g/mol. The predicted octanol–water partition coefficient (Wildman–Crippen LogP) is 0.798. The van der Waals surface area contributed by atoms with Gasteiger partial charge in [0.15, 0.2) is 0 Å². The van der Waals surface area contributed by atoms with Crippen molar-refractivity contribution in [3.8, 4) is 0 Å². The third-order valence-electron chi connectivity index (χ3n) is 2.02. The summed E-state index contributed by atoms with van der Waals surface area (Å²) >= 11 is 0. The number of hydrogen-bond acceptors (Lipinski definition) is 3. The first-order valence-corrected chi connectivity index (χ1v) is 4.95. The predicted molar refractivity (Wildman–Crippen MR) is 58.7 cm³/mol. The van der Waals surface area contributed by atoms with Gasteiger partial charge in [0.25, 0.3) is 0 Å². The highest BCUT2D eigenvalue weighted by Gasteiger charge is 2.05. The second-order valence-electron chi connectivity index (χ2n) is 3.20. The molecule has 0 heterocycles. The fourth-order valence-electron chi connectivity index (χ4n) is 1.10. The molecule has 0 saturated carbocycles. The van der Waals surface area contributed by atoms with E-state index in [-0.39, 0.29) is 18.9 Å². The Morgan fingerprint density at radius 2 is 2.00 bits per heavy atom. The smallest absolute Gasteiger partial charge is 0.325 e. The number of hydrogen-bond donors (Lipinski definition) is 2. The van der Waals surface area contributed by atoms with Crippen molar-refractivity contribution >= 4 is 12.0 Å². The molecule has 1 aromatic rings. The van der Waals surface area contributed by atoms with Crippen LogP contribution in [-0.4, -0.2) is 25.7 Å². The van der Waals surface area contributed by atoms with E-state index in [4.69, 9.17) is 0 Å². The topological polar surface area (TPSA) is 67.4 Å². The third kappa shape index (κ3) is 4.50. The number of esters is 1. The Hall–Kier alpha value is -2.11. The SMILES string of the molecule is COC(=O)CNC(=O)NCc1ccccc1F. The summed E-state index contributed by atoms with van der Waals surface area (Å²) in [6, 6.07) is 5.56. The standard InChI is InChI=1S/C11H13FN2O3/c1-17-10(15)7-14-11(16)13-6-8-4-2-3-5-9(8)12/h2-5H,6-7H2,1H3,(H2,13,14,16). The first-order valence-electron chi connectivity index (χ1n) is 4.95. The van der Waals surface area contributed by atoms with Gasteiger partial charge in [-0.1, -0.05) is 18.2 Å². The van der Waals surface area contributed by atoms with Gasteiger partial charge in [-0.15, -0.1) is 0 Å². The molecule has 17 heavy (non-hydrogen) atoms. The highest BCUT2D eigenvalue weighted by molar-refractivity contribution is 5.80. The van der Waals surface area contributed by atoms with E-state index in [0.717, 1.165) is 0 Å². The van der Waals surface area contributed by atoms with Crippen molar-refractivity contribution in [2.24, 2.45) is 0 Å².